The Morgan fingerprint density at radius 3 is 2.89 bits per heavy atom. The van der Waals surface area contributed by atoms with Gasteiger partial charge in [0.2, 0.25) is 0 Å². The van der Waals surface area contributed by atoms with E-state index in [1.165, 1.54) is 0 Å². The highest BCUT2D eigenvalue weighted by Crippen LogP contribution is 2.32. The van der Waals surface area contributed by atoms with Crippen molar-refractivity contribution in [3.8, 4) is 11.5 Å². The second-order valence-electron chi connectivity index (χ2n) is 4.29. The van der Waals surface area contributed by atoms with Gasteiger partial charge in [-0.3, -0.25) is 4.18 Å². The van der Waals surface area contributed by atoms with E-state index >= 15 is 0 Å². The molecule has 1 heterocycles. The van der Waals surface area contributed by atoms with Crippen LogP contribution in [0.1, 0.15) is 5.56 Å². The van der Waals surface area contributed by atoms with Gasteiger partial charge in [0, 0.05) is 0 Å². The lowest BCUT2D eigenvalue weighted by Crippen LogP contribution is -2.32. The van der Waals surface area contributed by atoms with E-state index in [1.807, 2.05) is 6.07 Å². The smallest absolute Gasteiger partial charge is 0.264 e. The Morgan fingerprint density at radius 1 is 1.42 bits per heavy atom. The summed E-state index contributed by atoms with van der Waals surface area (Å²) in [6.45, 7) is 0.294. The van der Waals surface area contributed by atoms with Crippen LogP contribution in [0.4, 0.5) is 0 Å². The van der Waals surface area contributed by atoms with Crippen molar-refractivity contribution in [1.29, 1.82) is 0 Å². The summed E-state index contributed by atoms with van der Waals surface area (Å²) in [4.78, 5) is 0. The van der Waals surface area contributed by atoms with Crippen LogP contribution in [-0.2, 0) is 20.7 Å². The van der Waals surface area contributed by atoms with E-state index in [0.29, 0.717) is 24.5 Å². The second-order valence-corrected chi connectivity index (χ2v) is 5.93. The summed E-state index contributed by atoms with van der Waals surface area (Å²) >= 11 is 0. The van der Waals surface area contributed by atoms with E-state index in [0.717, 1.165) is 11.8 Å². The number of hydrogen-bond acceptors (Lipinski definition) is 6. The fourth-order valence-electron chi connectivity index (χ4n) is 1.72. The first-order chi connectivity index (χ1) is 8.98. The molecule has 2 rings (SSSR count). The molecule has 1 aliphatic rings. The highest BCUT2D eigenvalue weighted by Gasteiger charge is 2.20. The summed E-state index contributed by atoms with van der Waals surface area (Å²) in [7, 11) is -3.41. The Labute approximate surface area is 112 Å². The summed E-state index contributed by atoms with van der Waals surface area (Å²) in [5.41, 5.74) is 0.879. The zero-order chi connectivity index (χ0) is 13.9. The van der Waals surface area contributed by atoms with Crippen molar-refractivity contribution in [2.24, 2.45) is 0 Å². The molecule has 0 aliphatic carbocycles. The van der Waals surface area contributed by atoms with Crippen molar-refractivity contribution >= 4 is 10.1 Å². The average molecular weight is 288 g/mol. The van der Waals surface area contributed by atoms with Crippen LogP contribution in [-0.4, -0.2) is 45.7 Å². The predicted octanol–water partition coefficient (Wildman–Crippen LogP) is 0.337. The summed E-state index contributed by atoms with van der Waals surface area (Å²) in [6, 6.07) is 5.36. The van der Waals surface area contributed by atoms with Gasteiger partial charge in [-0.25, -0.2) is 0 Å². The number of aliphatic hydroxyl groups is 1. The van der Waals surface area contributed by atoms with Gasteiger partial charge in [0.15, 0.2) is 17.6 Å². The molecule has 0 radical (unpaired) electrons. The molecule has 19 heavy (non-hydrogen) atoms. The Morgan fingerprint density at radius 2 is 2.21 bits per heavy atom. The quantitative estimate of drug-likeness (QED) is 0.787. The Hall–Kier alpha value is -1.31. The molecule has 1 aliphatic heterocycles. The lowest BCUT2D eigenvalue weighted by molar-refractivity contribution is 0.0455. The largest absolute Gasteiger partial charge is 0.486 e. The third-order valence-electron chi connectivity index (χ3n) is 2.62. The second kappa shape index (κ2) is 5.77. The summed E-state index contributed by atoms with van der Waals surface area (Å²) in [6.07, 6.45) is 1.10. The number of rotatable bonds is 5. The SMILES string of the molecule is CS(=O)(=O)OCCc1ccc2c(c1)O[C@H](CO)CO2. The molecule has 0 fully saturated rings. The molecule has 1 aromatic rings. The Bertz CT molecular complexity index is 539. The molecule has 0 amide bonds. The van der Waals surface area contributed by atoms with E-state index in [1.54, 1.807) is 12.1 Å². The van der Waals surface area contributed by atoms with Gasteiger partial charge in [0.1, 0.15) is 6.61 Å². The minimum Gasteiger partial charge on any atom is -0.486 e. The molecule has 106 valence electrons. The molecule has 1 N–H and O–H groups in total. The molecule has 0 spiro atoms. The number of benzene rings is 1. The third kappa shape index (κ3) is 4.09. The maximum Gasteiger partial charge on any atom is 0.264 e. The standard InChI is InChI=1S/C12H16O6S/c1-19(14,15)17-5-4-9-2-3-11-12(6-9)18-10(7-13)8-16-11/h2-3,6,10,13H,4-5,7-8H2,1H3/t10-/m1/s1. The van der Waals surface area contributed by atoms with Gasteiger partial charge in [0.05, 0.1) is 19.5 Å². The maximum absolute atomic E-state index is 10.8. The zero-order valence-corrected chi connectivity index (χ0v) is 11.4. The molecular formula is C12H16O6S. The molecule has 0 unspecified atom stereocenters. The molecule has 1 aromatic carbocycles. The van der Waals surface area contributed by atoms with Crippen LogP contribution in [0.15, 0.2) is 18.2 Å². The monoisotopic (exact) mass is 288 g/mol. The number of aliphatic hydroxyl groups excluding tert-OH is 1. The van der Waals surface area contributed by atoms with Gasteiger partial charge >= 0.3 is 0 Å². The van der Waals surface area contributed by atoms with Gasteiger partial charge in [-0.05, 0) is 24.1 Å². The Balaban J connectivity index is 2.00. The van der Waals surface area contributed by atoms with Crippen LogP contribution in [0.3, 0.4) is 0 Å². The van der Waals surface area contributed by atoms with Crippen molar-refractivity contribution in [3.05, 3.63) is 23.8 Å². The molecule has 0 aromatic heterocycles. The van der Waals surface area contributed by atoms with Gasteiger partial charge in [-0.1, -0.05) is 6.07 Å². The van der Waals surface area contributed by atoms with Gasteiger partial charge in [-0.15, -0.1) is 0 Å². The van der Waals surface area contributed by atoms with E-state index in [-0.39, 0.29) is 19.3 Å². The maximum atomic E-state index is 10.8. The summed E-state index contributed by atoms with van der Waals surface area (Å²) in [5, 5.41) is 9.03. The van der Waals surface area contributed by atoms with Crippen LogP contribution < -0.4 is 9.47 Å². The highest BCUT2D eigenvalue weighted by atomic mass is 32.2. The lowest BCUT2D eigenvalue weighted by Gasteiger charge is -2.25. The summed E-state index contributed by atoms with van der Waals surface area (Å²) in [5.74, 6) is 1.18. The number of hydrogen-bond donors (Lipinski definition) is 1. The minimum absolute atomic E-state index is 0.0852. The normalized spacial score (nSPS) is 18.3. The number of fused-ring (bicyclic) bond motifs is 1. The van der Waals surface area contributed by atoms with Crippen LogP contribution in [0.25, 0.3) is 0 Å². The van der Waals surface area contributed by atoms with E-state index in [9.17, 15) is 8.42 Å². The first-order valence-electron chi connectivity index (χ1n) is 5.85. The van der Waals surface area contributed by atoms with Crippen LogP contribution >= 0.6 is 0 Å². The number of ether oxygens (including phenoxy) is 2. The van der Waals surface area contributed by atoms with Crippen LogP contribution in [0.5, 0.6) is 11.5 Å². The average Bonchev–Trinajstić information content (AvgIpc) is 2.36. The lowest BCUT2D eigenvalue weighted by atomic mass is 10.1. The molecule has 0 bridgehead atoms. The molecule has 0 saturated heterocycles. The Kier molecular flexibility index (Phi) is 4.28. The van der Waals surface area contributed by atoms with Crippen LogP contribution in [0.2, 0.25) is 0 Å². The third-order valence-corrected chi connectivity index (χ3v) is 3.21. The van der Waals surface area contributed by atoms with Crippen molar-refractivity contribution < 1.29 is 27.2 Å². The zero-order valence-electron chi connectivity index (χ0n) is 10.5. The molecule has 0 saturated carbocycles. The first-order valence-corrected chi connectivity index (χ1v) is 7.67. The minimum atomic E-state index is -3.41. The van der Waals surface area contributed by atoms with Gasteiger partial charge < -0.3 is 14.6 Å². The van der Waals surface area contributed by atoms with Crippen molar-refractivity contribution in [2.45, 2.75) is 12.5 Å². The van der Waals surface area contributed by atoms with Crippen molar-refractivity contribution in [1.82, 2.24) is 0 Å². The fraction of sp³-hybridized carbons (Fsp3) is 0.500. The molecular weight excluding hydrogens is 272 g/mol. The van der Waals surface area contributed by atoms with E-state index in [4.69, 9.17) is 14.6 Å². The van der Waals surface area contributed by atoms with Crippen LogP contribution in [0, 0.1) is 0 Å². The van der Waals surface area contributed by atoms with E-state index < -0.39 is 10.1 Å². The summed E-state index contributed by atoms with van der Waals surface area (Å²) < 4.78 is 37.3. The van der Waals surface area contributed by atoms with Crippen molar-refractivity contribution in [2.75, 3.05) is 26.1 Å². The molecule has 6 nitrogen and oxygen atoms in total. The van der Waals surface area contributed by atoms with Gasteiger partial charge in [0.25, 0.3) is 10.1 Å². The first kappa shape index (κ1) is 14.1. The predicted molar refractivity (Wildman–Crippen MR) is 67.9 cm³/mol. The topological polar surface area (TPSA) is 82.1 Å². The molecule has 1 atom stereocenters. The van der Waals surface area contributed by atoms with Crippen molar-refractivity contribution in [3.63, 3.8) is 0 Å². The highest BCUT2D eigenvalue weighted by molar-refractivity contribution is 7.85. The molecule has 7 heteroatoms. The van der Waals surface area contributed by atoms with Gasteiger partial charge in [-0.2, -0.15) is 8.42 Å². The fourth-order valence-corrected chi connectivity index (χ4v) is 2.10. The van der Waals surface area contributed by atoms with E-state index in [2.05, 4.69) is 4.18 Å².